The lowest BCUT2D eigenvalue weighted by Crippen LogP contribution is -2.47. The standard InChI is InChI=1S/C11H15BrN2O/c12-9-4-2-1-3-8(9)11(13)10-7-15-6-5-14-10/h1-4,10-11,14H,5-7,13H2. The summed E-state index contributed by atoms with van der Waals surface area (Å²) in [5, 5.41) is 3.37. The van der Waals surface area contributed by atoms with E-state index in [2.05, 4.69) is 21.2 Å². The van der Waals surface area contributed by atoms with Gasteiger partial charge in [-0.1, -0.05) is 34.1 Å². The number of hydrogen-bond acceptors (Lipinski definition) is 3. The third kappa shape index (κ3) is 2.58. The zero-order valence-corrected chi connectivity index (χ0v) is 10.0. The number of nitrogens with two attached hydrogens (primary N) is 1. The molecule has 1 aliphatic rings. The predicted molar refractivity (Wildman–Crippen MR) is 63.7 cm³/mol. The Morgan fingerprint density at radius 2 is 2.27 bits per heavy atom. The Labute approximate surface area is 98.1 Å². The van der Waals surface area contributed by atoms with Crippen LogP contribution in [0.15, 0.2) is 28.7 Å². The Morgan fingerprint density at radius 1 is 1.47 bits per heavy atom. The third-order valence-electron chi connectivity index (χ3n) is 2.65. The van der Waals surface area contributed by atoms with E-state index in [0.29, 0.717) is 6.61 Å². The van der Waals surface area contributed by atoms with Crippen LogP contribution in [0.2, 0.25) is 0 Å². The second-order valence-electron chi connectivity index (χ2n) is 3.68. The van der Waals surface area contributed by atoms with Gasteiger partial charge in [-0.3, -0.25) is 0 Å². The van der Waals surface area contributed by atoms with Crippen LogP contribution in [0.5, 0.6) is 0 Å². The fourth-order valence-electron chi connectivity index (χ4n) is 1.78. The van der Waals surface area contributed by atoms with Crippen molar-refractivity contribution in [3.63, 3.8) is 0 Å². The van der Waals surface area contributed by atoms with E-state index < -0.39 is 0 Å². The van der Waals surface area contributed by atoms with Gasteiger partial charge in [0, 0.05) is 23.1 Å². The van der Waals surface area contributed by atoms with Crippen molar-refractivity contribution in [3.05, 3.63) is 34.3 Å². The van der Waals surface area contributed by atoms with Gasteiger partial charge in [-0.15, -0.1) is 0 Å². The number of ether oxygens (including phenoxy) is 1. The smallest absolute Gasteiger partial charge is 0.0638 e. The fourth-order valence-corrected chi connectivity index (χ4v) is 2.33. The van der Waals surface area contributed by atoms with Gasteiger partial charge in [0.05, 0.1) is 13.2 Å². The SMILES string of the molecule is NC(c1ccccc1Br)C1COCCN1. The minimum atomic E-state index is -0.0270. The molecule has 82 valence electrons. The van der Waals surface area contributed by atoms with Gasteiger partial charge >= 0.3 is 0 Å². The lowest BCUT2D eigenvalue weighted by molar-refractivity contribution is 0.0684. The molecule has 0 radical (unpaired) electrons. The lowest BCUT2D eigenvalue weighted by atomic mass is 10.0. The highest BCUT2D eigenvalue weighted by atomic mass is 79.9. The molecule has 2 rings (SSSR count). The predicted octanol–water partition coefficient (Wildman–Crippen LogP) is 1.44. The molecule has 0 saturated carbocycles. The molecule has 4 heteroatoms. The number of benzene rings is 1. The van der Waals surface area contributed by atoms with Gasteiger partial charge in [0.2, 0.25) is 0 Å². The van der Waals surface area contributed by atoms with Gasteiger partial charge < -0.3 is 15.8 Å². The van der Waals surface area contributed by atoms with Crippen molar-refractivity contribution in [2.45, 2.75) is 12.1 Å². The molecule has 1 aromatic rings. The van der Waals surface area contributed by atoms with Gasteiger partial charge in [0.15, 0.2) is 0 Å². The first kappa shape index (κ1) is 11.1. The van der Waals surface area contributed by atoms with Crippen molar-refractivity contribution in [1.82, 2.24) is 5.32 Å². The highest BCUT2D eigenvalue weighted by Gasteiger charge is 2.22. The van der Waals surface area contributed by atoms with Crippen LogP contribution in [0.25, 0.3) is 0 Å². The Kier molecular flexibility index (Phi) is 3.75. The monoisotopic (exact) mass is 270 g/mol. The van der Waals surface area contributed by atoms with Crippen LogP contribution in [-0.2, 0) is 4.74 Å². The maximum absolute atomic E-state index is 6.20. The van der Waals surface area contributed by atoms with Crippen LogP contribution >= 0.6 is 15.9 Å². The zero-order valence-electron chi connectivity index (χ0n) is 8.45. The molecule has 1 heterocycles. The molecule has 2 unspecified atom stereocenters. The molecule has 0 aromatic heterocycles. The Morgan fingerprint density at radius 3 is 2.93 bits per heavy atom. The summed E-state index contributed by atoms with van der Waals surface area (Å²) in [5.74, 6) is 0. The highest BCUT2D eigenvalue weighted by molar-refractivity contribution is 9.10. The summed E-state index contributed by atoms with van der Waals surface area (Å²) >= 11 is 3.51. The van der Waals surface area contributed by atoms with E-state index in [0.717, 1.165) is 23.2 Å². The summed E-state index contributed by atoms with van der Waals surface area (Å²) in [6.07, 6.45) is 0. The van der Waals surface area contributed by atoms with Crippen molar-refractivity contribution in [2.24, 2.45) is 5.73 Å². The van der Waals surface area contributed by atoms with E-state index in [1.165, 1.54) is 0 Å². The van der Waals surface area contributed by atoms with E-state index in [-0.39, 0.29) is 12.1 Å². The van der Waals surface area contributed by atoms with E-state index in [1.54, 1.807) is 0 Å². The Bertz CT molecular complexity index is 326. The van der Waals surface area contributed by atoms with Crippen LogP contribution in [0, 0.1) is 0 Å². The van der Waals surface area contributed by atoms with Gasteiger partial charge in [-0.25, -0.2) is 0 Å². The first-order chi connectivity index (χ1) is 7.29. The van der Waals surface area contributed by atoms with Crippen LogP contribution in [-0.4, -0.2) is 25.8 Å². The minimum absolute atomic E-state index is 0.0270. The minimum Gasteiger partial charge on any atom is -0.378 e. The molecular weight excluding hydrogens is 256 g/mol. The summed E-state index contributed by atoms with van der Waals surface area (Å²) in [4.78, 5) is 0. The molecule has 1 aromatic carbocycles. The van der Waals surface area contributed by atoms with Crippen molar-refractivity contribution < 1.29 is 4.74 Å². The first-order valence-electron chi connectivity index (χ1n) is 5.10. The number of nitrogens with one attached hydrogen (secondary N) is 1. The molecular formula is C11H15BrN2O. The Hall–Kier alpha value is -0.420. The maximum atomic E-state index is 6.20. The molecule has 3 N–H and O–H groups in total. The van der Waals surface area contributed by atoms with E-state index >= 15 is 0 Å². The van der Waals surface area contributed by atoms with Crippen molar-refractivity contribution in [1.29, 1.82) is 0 Å². The molecule has 3 nitrogen and oxygen atoms in total. The molecule has 0 aliphatic carbocycles. The van der Waals surface area contributed by atoms with Crippen molar-refractivity contribution in [2.75, 3.05) is 19.8 Å². The molecule has 0 spiro atoms. The van der Waals surface area contributed by atoms with Gasteiger partial charge in [0.25, 0.3) is 0 Å². The molecule has 1 aliphatic heterocycles. The number of rotatable bonds is 2. The van der Waals surface area contributed by atoms with Crippen molar-refractivity contribution in [3.8, 4) is 0 Å². The quantitative estimate of drug-likeness (QED) is 0.855. The topological polar surface area (TPSA) is 47.3 Å². The summed E-state index contributed by atoms with van der Waals surface area (Å²) in [6, 6.07) is 8.23. The molecule has 1 fully saturated rings. The molecule has 0 amide bonds. The molecule has 1 saturated heterocycles. The van der Waals surface area contributed by atoms with Crippen LogP contribution in [0.3, 0.4) is 0 Å². The van der Waals surface area contributed by atoms with Crippen LogP contribution < -0.4 is 11.1 Å². The summed E-state index contributed by atoms with van der Waals surface area (Å²) < 4.78 is 6.47. The first-order valence-corrected chi connectivity index (χ1v) is 5.89. The zero-order chi connectivity index (χ0) is 10.7. The lowest BCUT2D eigenvalue weighted by Gasteiger charge is -2.29. The largest absolute Gasteiger partial charge is 0.378 e. The van der Waals surface area contributed by atoms with Crippen LogP contribution in [0.4, 0.5) is 0 Å². The number of hydrogen-bond donors (Lipinski definition) is 2. The maximum Gasteiger partial charge on any atom is 0.0638 e. The highest BCUT2D eigenvalue weighted by Crippen LogP contribution is 2.24. The van der Waals surface area contributed by atoms with Crippen molar-refractivity contribution >= 4 is 15.9 Å². The Balaban J connectivity index is 2.12. The third-order valence-corrected chi connectivity index (χ3v) is 3.37. The summed E-state index contributed by atoms with van der Waals surface area (Å²) in [5.41, 5.74) is 7.32. The summed E-state index contributed by atoms with van der Waals surface area (Å²) in [7, 11) is 0. The molecule has 0 bridgehead atoms. The van der Waals surface area contributed by atoms with E-state index in [9.17, 15) is 0 Å². The van der Waals surface area contributed by atoms with E-state index in [1.807, 2.05) is 24.3 Å². The average molecular weight is 271 g/mol. The van der Waals surface area contributed by atoms with Gasteiger partial charge in [-0.2, -0.15) is 0 Å². The van der Waals surface area contributed by atoms with Gasteiger partial charge in [-0.05, 0) is 11.6 Å². The number of morpholine rings is 1. The molecule has 15 heavy (non-hydrogen) atoms. The van der Waals surface area contributed by atoms with Gasteiger partial charge in [0.1, 0.15) is 0 Å². The fraction of sp³-hybridized carbons (Fsp3) is 0.455. The summed E-state index contributed by atoms with van der Waals surface area (Å²) in [6.45, 7) is 2.34. The normalized spacial score (nSPS) is 23.7. The average Bonchev–Trinajstić information content (AvgIpc) is 2.30. The van der Waals surface area contributed by atoms with Crippen LogP contribution in [0.1, 0.15) is 11.6 Å². The second-order valence-corrected chi connectivity index (χ2v) is 4.54. The number of halogens is 1. The second kappa shape index (κ2) is 5.07. The van der Waals surface area contributed by atoms with E-state index in [4.69, 9.17) is 10.5 Å². The molecule has 2 atom stereocenters.